The molecule has 0 bridgehead atoms. The van der Waals surface area contributed by atoms with Crippen molar-refractivity contribution in [3.05, 3.63) is 114 Å². The van der Waals surface area contributed by atoms with E-state index in [0.717, 1.165) is 40.9 Å². The Bertz CT molecular complexity index is 1250. The Morgan fingerprint density at radius 2 is 1.87 bits per heavy atom. The molecule has 0 fully saturated rings. The van der Waals surface area contributed by atoms with Gasteiger partial charge in [0.1, 0.15) is 17.6 Å². The van der Waals surface area contributed by atoms with Crippen LogP contribution in [0.4, 0.5) is 10.1 Å². The second kappa shape index (κ2) is 8.76. The molecule has 0 amide bonds. The van der Waals surface area contributed by atoms with Gasteiger partial charge in [-0.1, -0.05) is 30.9 Å². The van der Waals surface area contributed by atoms with E-state index in [4.69, 9.17) is 0 Å². The number of allylic oxidation sites excluding steroid dienone is 5. The lowest BCUT2D eigenvalue weighted by atomic mass is 9.89. The summed E-state index contributed by atoms with van der Waals surface area (Å²) < 4.78 is 14.6. The number of aryl methyl sites for hydroxylation is 1. The summed E-state index contributed by atoms with van der Waals surface area (Å²) in [4.78, 5) is 10.7. The van der Waals surface area contributed by atoms with E-state index in [9.17, 15) is 9.65 Å². The van der Waals surface area contributed by atoms with Gasteiger partial charge in [0, 0.05) is 36.3 Å². The maximum absolute atomic E-state index is 14.6. The standard InChI is InChI=1S/C26H21FN4/c1-3-18(20-9-7-14-29-23(20)17-28)16-21-24(13-12-19-8-6-15-30-26(19)21)31(2)25-11-5-4-10-22(25)27/h3-11,14-16H,1,12-13H2,2H3/b18-16+. The molecule has 0 aliphatic heterocycles. The molecule has 0 atom stereocenters. The predicted molar refractivity (Wildman–Crippen MR) is 121 cm³/mol. The lowest BCUT2D eigenvalue weighted by Crippen LogP contribution is -2.22. The van der Waals surface area contributed by atoms with Crippen LogP contribution in [0.15, 0.2) is 85.4 Å². The van der Waals surface area contributed by atoms with E-state index in [1.54, 1.807) is 36.7 Å². The summed E-state index contributed by atoms with van der Waals surface area (Å²) in [5.74, 6) is -0.282. The Labute approximate surface area is 181 Å². The summed E-state index contributed by atoms with van der Waals surface area (Å²) in [7, 11) is 1.87. The number of fused-ring (bicyclic) bond motifs is 1. The molecule has 4 rings (SSSR count). The first-order valence-electron chi connectivity index (χ1n) is 9.99. The zero-order valence-corrected chi connectivity index (χ0v) is 17.2. The van der Waals surface area contributed by atoms with Gasteiger partial charge in [-0.2, -0.15) is 5.26 Å². The quantitative estimate of drug-likeness (QED) is 0.519. The number of pyridine rings is 2. The molecule has 152 valence electrons. The van der Waals surface area contributed by atoms with E-state index in [-0.39, 0.29) is 5.82 Å². The molecule has 5 heteroatoms. The van der Waals surface area contributed by atoms with Gasteiger partial charge < -0.3 is 4.90 Å². The molecule has 1 aromatic carbocycles. The number of nitrogens with zero attached hydrogens (tertiary/aromatic N) is 4. The van der Waals surface area contributed by atoms with E-state index < -0.39 is 0 Å². The predicted octanol–water partition coefficient (Wildman–Crippen LogP) is 5.55. The van der Waals surface area contributed by atoms with Crippen LogP contribution < -0.4 is 4.90 Å². The third-order valence-corrected chi connectivity index (χ3v) is 5.45. The molecule has 31 heavy (non-hydrogen) atoms. The van der Waals surface area contributed by atoms with Crippen LogP contribution in [0.25, 0.3) is 11.1 Å². The van der Waals surface area contributed by atoms with Crippen LogP contribution in [-0.2, 0) is 6.42 Å². The molecule has 0 N–H and O–H groups in total. The van der Waals surface area contributed by atoms with Gasteiger partial charge in [0.15, 0.2) is 0 Å². The fraction of sp³-hybridized carbons (Fsp3) is 0.115. The molecule has 0 saturated heterocycles. The van der Waals surface area contributed by atoms with Gasteiger partial charge in [-0.3, -0.25) is 4.98 Å². The highest BCUT2D eigenvalue weighted by Gasteiger charge is 2.23. The summed E-state index contributed by atoms with van der Waals surface area (Å²) in [5.41, 5.74) is 6.12. The van der Waals surface area contributed by atoms with Gasteiger partial charge >= 0.3 is 0 Å². The van der Waals surface area contributed by atoms with Crippen LogP contribution in [0, 0.1) is 17.1 Å². The van der Waals surface area contributed by atoms with Gasteiger partial charge in [-0.25, -0.2) is 9.37 Å². The zero-order valence-electron chi connectivity index (χ0n) is 17.2. The lowest BCUT2D eigenvalue weighted by molar-refractivity contribution is 0.625. The fourth-order valence-corrected chi connectivity index (χ4v) is 3.91. The van der Waals surface area contributed by atoms with Crippen molar-refractivity contribution in [1.82, 2.24) is 9.97 Å². The molecule has 1 aliphatic carbocycles. The SMILES string of the molecule is C=C/C(=C\C1=C(N(C)c2ccccc2F)CCc2cccnc21)c1cccnc1C#N. The van der Waals surface area contributed by atoms with Gasteiger partial charge in [0.2, 0.25) is 0 Å². The molecule has 2 heterocycles. The summed E-state index contributed by atoms with van der Waals surface area (Å²) in [6.45, 7) is 3.95. The minimum Gasteiger partial charge on any atom is -0.345 e. The van der Waals surface area contributed by atoms with Crippen molar-refractivity contribution < 1.29 is 4.39 Å². The average molecular weight is 408 g/mol. The smallest absolute Gasteiger partial charge is 0.148 e. The van der Waals surface area contributed by atoms with E-state index in [0.29, 0.717) is 16.9 Å². The number of benzene rings is 1. The highest BCUT2D eigenvalue weighted by atomic mass is 19.1. The molecule has 1 aliphatic rings. The van der Waals surface area contributed by atoms with E-state index in [1.165, 1.54) is 6.07 Å². The Balaban J connectivity index is 1.94. The Hall–Kier alpha value is -4.04. The fourth-order valence-electron chi connectivity index (χ4n) is 3.91. The first-order chi connectivity index (χ1) is 15.1. The highest BCUT2D eigenvalue weighted by molar-refractivity contribution is 5.91. The number of nitriles is 1. The topological polar surface area (TPSA) is 52.8 Å². The van der Waals surface area contributed by atoms with Crippen molar-refractivity contribution in [2.24, 2.45) is 0 Å². The molecular formula is C26H21FN4. The third kappa shape index (κ3) is 3.88. The number of hydrogen-bond acceptors (Lipinski definition) is 4. The highest BCUT2D eigenvalue weighted by Crippen LogP contribution is 2.37. The van der Waals surface area contributed by atoms with Crippen LogP contribution in [-0.4, -0.2) is 17.0 Å². The first-order valence-corrected chi connectivity index (χ1v) is 9.99. The Kier molecular flexibility index (Phi) is 5.72. The van der Waals surface area contributed by atoms with Crippen molar-refractivity contribution in [1.29, 1.82) is 5.26 Å². The van der Waals surface area contributed by atoms with Crippen molar-refractivity contribution in [3.63, 3.8) is 0 Å². The number of aromatic nitrogens is 2. The van der Waals surface area contributed by atoms with Crippen LogP contribution in [0.3, 0.4) is 0 Å². The molecule has 3 aromatic rings. The Morgan fingerprint density at radius 3 is 2.65 bits per heavy atom. The summed E-state index contributed by atoms with van der Waals surface area (Å²) in [5, 5.41) is 9.50. The molecule has 4 nitrogen and oxygen atoms in total. The van der Waals surface area contributed by atoms with Crippen LogP contribution in [0.1, 0.15) is 28.9 Å². The number of hydrogen-bond donors (Lipinski definition) is 0. The number of para-hydroxylation sites is 1. The van der Waals surface area contributed by atoms with E-state index in [1.807, 2.05) is 36.2 Å². The average Bonchev–Trinajstić information content (AvgIpc) is 2.82. The normalized spacial score (nSPS) is 13.4. The van der Waals surface area contributed by atoms with Crippen molar-refractivity contribution >= 4 is 16.8 Å². The van der Waals surface area contributed by atoms with Gasteiger partial charge in [-0.05, 0) is 60.4 Å². The number of rotatable bonds is 5. The monoisotopic (exact) mass is 408 g/mol. The van der Waals surface area contributed by atoms with Crippen LogP contribution in [0.2, 0.25) is 0 Å². The molecule has 0 unspecified atom stereocenters. The number of halogens is 1. The maximum atomic E-state index is 14.6. The van der Waals surface area contributed by atoms with Gasteiger partial charge in [0.05, 0.1) is 11.4 Å². The van der Waals surface area contributed by atoms with E-state index in [2.05, 4.69) is 28.7 Å². The van der Waals surface area contributed by atoms with Crippen molar-refractivity contribution in [3.8, 4) is 6.07 Å². The molecular weight excluding hydrogens is 387 g/mol. The molecule has 0 saturated carbocycles. The largest absolute Gasteiger partial charge is 0.345 e. The van der Waals surface area contributed by atoms with Gasteiger partial charge in [0.25, 0.3) is 0 Å². The molecule has 2 aromatic heterocycles. The minimum atomic E-state index is -0.282. The maximum Gasteiger partial charge on any atom is 0.148 e. The summed E-state index contributed by atoms with van der Waals surface area (Å²) >= 11 is 0. The summed E-state index contributed by atoms with van der Waals surface area (Å²) in [6, 6.07) is 16.5. The van der Waals surface area contributed by atoms with Gasteiger partial charge in [-0.15, -0.1) is 0 Å². The lowest BCUT2D eigenvalue weighted by Gasteiger charge is -2.29. The third-order valence-electron chi connectivity index (χ3n) is 5.45. The second-order valence-electron chi connectivity index (χ2n) is 7.20. The van der Waals surface area contributed by atoms with Crippen molar-refractivity contribution in [2.75, 3.05) is 11.9 Å². The minimum absolute atomic E-state index is 0.282. The first kappa shape index (κ1) is 20.2. The Morgan fingerprint density at radius 1 is 1.10 bits per heavy atom. The summed E-state index contributed by atoms with van der Waals surface area (Å²) in [6.07, 6.45) is 8.59. The second-order valence-corrected chi connectivity index (χ2v) is 7.20. The molecule has 0 spiro atoms. The van der Waals surface area contributed by atoms with E-state index >= 15 is 0 Å². The van der Waals surface area contributed by atoms with Crippen LogP contribution >= 0.6 is 0 Å². The van der Waals surface area contributed by atoms with Crippen LogP contribution in [0.5, 0.6) is 0 Å². The van der Waals surface area contributed by atoms with Crippen molar-refractivity contribution in [2.45, 2.75) is 12.8 Å². The molecule has 0 radical (unpaired) electrons. The zero-order chi connectivity index (χ0) is 21.8. The number of anilines is 1.